The third-order valence-electron chi connectivity index (χ3n) is 3.40. The van der Waals surface area contributed by atoms with Gasteiger partial charge in [0.1, 0.15) is 5.75 Å². The highest BCUT2D eigenvalue weighted by Crippen LogP contribution is 2.10. The molecule has 0 bridgehead atoms. The molecule has 0 aromatic heterocycles. The molecular weight excluding hydrogens is 260 g/mol. The number of hydrogen-bond donors (Lipinski definition) is 2. The third-order valence-corrected chi connectivity index (χ3v) is 3.40. The zero-order valence-corrected chi connectivity index (χ0v) is 12.6. The Morgan fingerprint density at radius 1 is 0.762 bits per heavy atom. The van der Waals surface area contributed by atoms with Crippen LogP contribution in [0.25, 0.3) is 0 Å². The van der Waals surface area contributed by atoms with E-state index in [0.717, 1.165) is 38.3 Å². The van der Waals surface area contributed by atoms with Crippen LogP contribution in [-0.2, 0) is 13.0 Å². The number of benzene rings is 2. The fourth-order valence-electron chi connectivity index (χ4n) is 2.16. The van der Waals surface area contributed by atoms with E-state index in [2.05, 4.69) is 53.1 Å². The van der Waals surface area contributed by atoms with Crippen molar-refractivity contribution < 1.29 is 4.74 Å². The predicted octanol–water partition coefficient (Wildman–Crippen LogP) is 2.62. The van der Waals surface area contributed by atoms with Crippen LogP contribution in [0.15, 0.2) is 54.6 Å². The Morgan fingerprint density at radius 2 is 1.48 bits per heavy atom. The lowest BCUT2D eigenvalue weighted by Gasteiger charge is -2.07. The van der Waals surface area contributed by atoms with E-state index in [0.29, 0.717) is 0 Å². The Bertz CT molecular complexity index is 496. The van der Waals surface area contributed by atoms with Gasteiger partial charge in [-0.25, -0.2) is 0 Å². The van der Waals surface area contributed by atoms with E-state index in [1.165, 1.54) is 11.1 Å². The van der Waals surface area contributed by atoms with E-state index >= 15 is 0 Å². The van der Waals surface area contributed by atoms with Crippen LogP contribution >= 0.6 is 0 Å². The second-order valence-corrected chi connectivity index (χ2v) is 5.01. The van der Waals surface area contributed by atoms with Gasteiger partial charge in [0.05, 0.1) is 7.11 Å². The monoisotopic (exact) mass is 284 g/mol. The third kappa shape index (κ3) is 5.98. The summed E-state index contributed by atoms with van der Waals surface area (Å²) in [7, 11) is 1.69. The Balaban J connectivity index is 1.51. The van der Waals surface area contributed by atoms with Crippen molar-refractivity contribution in [1.29, 1.82) is 0 Å². The molecule has 0 aliphatic heterocycles. The van der Waals surface area contributed by atoms with Crippen molar-refractivity contribution in [2.24, 2.45) is 0 Å². The number of hydrogen-bond acceptors (Lipinski definition) is 3. The van der Waals surface area contributed by atoms with Gasteiger partial charge in [-0.05, 0) is 36.2 Å². The van der Waals surface area contributed by atoms with Gasteiger partial charge in [0, 0.05) is 19.6 Å². The minimum Gasteiger partial charge on any atom is -0.497 e. The molecule has 0 heterocycles. The summed E-state index contributed by atoms with van der Waals surface area (Å²) in [5, 5.41) is 6.89. The maximum atomic E-state index is 5.15. The van der Waals surface area contributed by atoms with Crippen molar-refractivity contribution in [2.45, 2.75) is 13.0 Å². The fraction of sp³-hybridized carbons (Fsp3) is 0.333. The lowest BCUT2D eigenvalue weighted by molar-refractivity contribution is 0.414. The molecule has 2 N–H and O–H groups in total. The van der Waals surface area contributed by atoms with E-state index in [4.69, 9.17) is 4.74 Å². The highest BCUT2D eigenvalue weighted by Gasteiger charge is 1.95. The Hall–Kier alpha value is -1.84. The van der Waals surface area contributed by atoms with E-state index in [-0.39, 0.29) is 0 Å². The van der Waals surface area contributed by atoms with Crippen LogP contribution in [0, 0.1) is 0 Å². The first-order valence-corrected chi connectivity index (χ1v) is 7.47. The smallest absolute Gasteiger partial charge is 0.118 e. The molecule has 0 aliphatic carbocycles. The van der Waals surface area contributed by atoms with Crippen molar-refractivity contribution in [2.75, 3.05) is 26.7 Å². The van der Waals surface area contributed by atoms with Crippen molar-refractivity contribution >= 4 is 0 Å². The Morgan fingerprint density at radius 3 is 2.19 bits per heavy atom. The van der Waals surface area contributed by atoms with Crippen LogP contribution in [0.5, 0.6) is 5.75 Å². The van der Waals surface area contributed by atoms with Crippen LogP contribution in [0.1, 0.15) is 11.1 Å². The van der Waals surface area contributed by atoms with Gasteiger partial charge in [-0.2, -0.15) is 0 Å². The van der Waals surface area contributed by atoms with Crippen molar-refractivity contribution in [3.63, 3.8) is 0 Å². The molecule has 0 spiro atoms. The molecule has 3 nitrogen and oxygen atoms in total. The van der Waals surface area contributed by atoms with Gasteiger partial charge in [-0.3, -0.25) is 0 Å². The maximum Gasteiger partial charge on any atom is 0.118 e. The van der Waals surface area contributed by atoms with Crippen LogP contribution < -0.4 is 15.4 Å². The first kappa shape index (κ1) is 15.5. The van der Waals surface area contributed by atoms with E-state index in [9.17, 15) is 0 Å². The molecule has 0 aliphatic rings. The first-order chi connectivity index (χ1) is 10.4. The van der Waals surface area contributed by atoms with Crippen LogP contribution in [0.3, 0.4) is 0 Å². The average molecular weight is 284 g/mol. The topological polar surface area (TPSA) is 33.3 Å². The quantitative estimate of drug-likeness (QED) is 0.695. The van der Waals surface area contributed by atoms with Crippen molar-refractivity contribution in [3.8, 4) is 5.75 Å². The molecule has 0 amide bonds. The minimum absolute atomic E-state index is 0.893. The molecule has 0 atom stereocenters. The number of ether oxygens (including phenoxy) is 1. The second-order valence-electron chi connectivity index (χ2n) is 5.01. The highest BCUT2D eigenvalue weighted by molar-refractivity contribution is 5.26. The summed E-state index contributed by atoms with van der Waals surface area (Å²) in [6.07, 6.45) is 1.08. The SMILES string of the molecule is COc1ccc(CNCCNCCc2ccccc2)cc1. The van der Waals surface area contributed by atoms with Crippen LogP contribution in [-0.4, -0.2) is 26.7 Å². The highest BCUT2D eigenvalue weighted by atomic mass is 16.5. The number of methoxy groups -OCH3 is 1. The van der Waals surface area contributed by atoms with Gasteiger partial charge in [0.2, 0.25) is 0 Å². The van der Waals surface area contributed by atoms with E-state index in [1.807, 2.05) is 12.1 Å². The summed E-state index contributed by atoms with van der Waals surface area (Å²) < 4.78 is 5.15. The molecule has 0 radical (unpaired) electrons. The summed E-state index contributed by atoms with van der Waals surface area (Å²) >= 11 is 0. The molecule has 21 heavy (non-hydrogen) atoms. The maximum absolute atomic E-state index is 5.15. The summed E-state index contributed by atoms with van der Waals surface area (Å²) in [4.78, 5) is 0. The second kappa shape index (κ2) is 9.16. The van der Waals surface area contributed by atoms with E-state index < -0.39 is 0 Å². The van der Waals surface area contributed by atoms with Crippen molar-refractivity contribution in [1.82, 2.24) is 10.6 Å². The summed E-state index contributed by atoms with van der Waals surface area (Å²) in [5.74, 6) is 0.904. The molecule has 0 fully saturated rings. The molecular formula is C18H24N2O. The largest absolute Gasteiger partial charge is 0.497 e. The normalized spacial score (nSPS) is 10.5. The summed E-state index contributed by atoms with van der Waals surface area (Å²) in [6.45, 7) is 3.88. The van der Waals surface area contributed by atoms with Gasteiger partial charge in [-0.15, -0.1) is 0 Å². The minimum atomic E-state index is 0.893. The Kier molecular flexibility index (Phi) is 6.78. The molecule has 2 aromatic carbocycles. The lowest BCUT2D eigenvalue weighted by atomic mass is 10.1. The van der Waals surface area contributed by atoms with Gasteiger partial charge >= 0.3 is 0 Å². The molecule has 112 valence electrons. The first-order valence-electron chi connectivity index (χ1n) is 7.47. The number of rotatable bonds is 9. The molecule has 0 unspecified atom stereocenters. The molecule has 2 rings (SSSR count). The van der Waals surface area contributed by atoms with Gasteiger partial charge in [0.25, 0.3) is 0 Å². The van der Waals surface area contributed by atoms with Crippen LogP contribution in [0.4, 0.5) is 0 Å². The number of nitrogens with one attached hydrogen (secondary N) is 2. The lowest BCUT2D eigenvalue weighted by Crippen LogP contribution is -2.28. The zero-order valence-electron chi connectivity index (χ0n) is 12.6. The molecule has 2 aromatic rings. The van der Waals surface area contributed by atoms with Gasteiger partial charge in [0.15, 0.2) is 0 Å². The van der Waals surface area contributed by atoms with Gasteiger partial charge < -0.3 is 15.4 Å². The summed E-state index contributed by atoms with van der Waals surface area (Å²) in [6, 6.07) is 18.7. The molecule has 3 heteroatoms. The van der Waals surface area contributed by atoms with E-state index in [1.54, 1.807) is 7.11 Å². The van der Waals surface area contributed by atoms with Gasteiger partial charge in [-0.1, -0.05) is 42.5 Å². The van der Waals surface area contributed by atoms with Crippen molar-refractivity contribution in [3.05, 3.63) is 65.7 Å². The van der Waals surface area contributed by atoms with Crippen LogP contribution in [0.2, 0.25) is 0 Å². The zero-order chi connectivity index (χ0) is 14.8. The average Bonchev–Trinajstić information content (AvgIpc) is 2.55. The fourth-order valence-corrected chi connectivity index (χ4v) is 2.16. The standard InChI is InChI=1S/C18H24N2O/c1-21-18-9-7-17(8-10-18)15-20-14-13-19-12-11-16-5-3-2-4-6-16/h2-10,19-20H,11-15H2,1H3. The molecule has 0 saturated carbocycles. The Labute approximate surface area is 127 Å². The summed E-state index contributed by atoms with van der Waals surface area (Å²) in [5.41, 5.74) is 2.66. The molecule has 0 saturated heterocycles. The predicted molar refractivity (Wildman–Crippen MR) is 87.7 cm³/mol.